The van der Waals surface area contributed by atoms with E-state index in [2.05, 4.69) is 0 Å². The largest absolute Gasteiger partial charge is 0.490 e. The van der Waals surface area contributed by atoms with Crippen LogP contribution in [0.2, 0.25) is 0 Å². The van der Waals surface area contributed by atoms with Crippen molar-refractivity contribution >= 4 is 5.97 Å². The lowest BCUT2D eigenvalue weighted by atomic mass is 9.89. The Morgan fingerprint density at radius 3 is 2.63 bits per heavy atom. The monoisotopic (exact) mass is 260 g/mol. The molecule has 0 N–H and O–H groups in total. The molecule has 1 aromatic carbocycles. The molecule has 19 heavy (non-hydrogen) atoms. The number of rotatable bonds is 4. The van der Waals surface area contributed by atoms with Crippen molar-refractivity contribution in [3.63, 3.8) is 0 Å². The number of para-hydroxylation sites is 2. The van der Waals surface area contributed by atoms with Gasteiger partial charge in [-0.1, -0.05) is 18.6 Å². The molecule has 0 amide bonds. The van der Waals surface area contributed by atoms with Gasteiger partial charge in [-0.25, -0.2) is 0 Å². The summed E-state index contributed by atoms with van der Waals surface area (Å²) in [5.74, 6) is 2.55. The zero-order valence-electron chi connectivity index (χ0n) is 11.3. The van der Waals surface area contributed by atoms with E-state index in [0.29, 0.717) is 24.0 Å². The summed E-state index contributed by atoms with van der Waals surface area (Å²) in [5.41, 5.74) is 0. The van der Waals surface area contributed by atoms with E-state index in [1.807, 2.05) is 25.1 Å². The first kappa shape index (κ1) is 12.5. The van der Waals surface area contributed by atoms with Gasteiger partial charge in [-0.2, -0.15) is 0 Å². The van der Waals surface area contributed by atoms with Crippen LogP contribution in [0, 0.1) is 17.8 Å². The zero-order valence-corrected chi connectivity index (χ0v) is 11.3. The number of hydrogen-bond acceptors (Lipinski definition) is 3. The van der Waals surface area contributed by atoms with Gasteiger partial charge >= 0.3 is 5.97 Å². The first-order chi connectivity index (χ1) is 9.28. The maximum Gasteiger partial charge on any atom is 0.314 e. The molecule has 2 aliphatic rings. The average Bonchev–Trinajstić information content (AvgIpc) is 3.03. The van der Waals surface area contributed by atoms with Crippen LogP contribution in [0.25, 0.3) is 0 Å². The highest BCUT2D eigenvalue weighted by Gasteiger charge is 2.44. The molecule has 2 aliphatic carbocycles. The molecule has 0 radical (unpaired) electrons. The summed E-state index contributed by atoms with van der Waals surface area (Å²) in [5, 5.41) is 0. The second-order valence-corrected chi connectivity index (χ2v) is 5.58. The number of benzene rings is 1. The van der Waals surface area contributed by atoms with Crippen molar-refractivity contribution < 1.29 is 14.3 Å². The molecule has 0 aromatic heterocycles. The maximum absolute atomic E-state index is 12.3. The van der Waals surface area contributed by atoms with Crippen molar-refractivity contribution in [2.45, 2.75) is 32.6 Å². The average molecular weight is 260 g/mol. The molecule has 0 spiro atoms. The van der Waals surface area contributed by atoms with E-state index in [0.717, 1.165) is 12.3 Å². The van der Waals surface area contributed by atoms with E-state index in [1.165, 1.54) is 19.3 Å². The Morgan fingerprint density at radius 1 is 1.21 bits per heavy atom. The van der Waals surface area contributed by atoms with Crippen LogP contribution >= 0.6 is 0 Å². The lowest BCUT2D eigenvalue weighted by Crippen LogP contribution is -2.25. The van der Waals surface area contributed by atoms with Gasteiger partial charge in [-0.05, 0) is 50.2 Å². The first-order valence-electron chi connectivity index (χ1n) is 7.21. The SMILES string of the molecule is CCOc1ccccc1OC(=O)C1CC2CCC1C2. The number of ether oxygens (including phenoxy) is 2. The van der Waals surface area contributed by atoms with E-state index >= 15 is 0 Å². The second-order valence-electron chi connectivity index (χ2n) is 5.58. The molecule has 0 heterocycles. The lowest BCUT2D eigenvalue weighted by molar-refractivity contribution is -0.140. The smallest absolute Gasteiger partial charge is 0.314 e. The van der Waals surface area contributed by atoms with E-state index in [4.69, 9.17) is 9.47 Å². The van der Waals surface area contributed by atoms with Crippen LogP contribution in [0.3, 0.4) is 0 Å². The Labute approximate surface area is 113 Å². The van der Waals surface area contributed by atoms with Gasteiger partial charge in [0.05, 0.1) is 12.5 Å². The molecule has 2 saturated carbocycles. The number of carbonyl (C=O) groups excluding carboxylic acids is 1. The van der Waals surface area contributed by atoms with Gasteiger partial charge in [0.1, 0.15) is 0 Å². The Morgan fingerprint density at radius 2 is 2.00 bits per heavy atom. The molecule has 3 atom stereocenters. The summed E-state index contributed by atoms with van der Waals surface area (Å²) in [7, 11) is 0. The van der Waals surface area contributed by atoms with Crippen molar-refractivity contribution in [2.24, 2.45) is 17.8 Å². The number of carbonyl (C=O) groups is 1. The van der Waals surface area contributed by atoms with Gasteiger partial charge in [0.25, 0.3) is 0 Å². The third kappa shape index (κ3) is 2.46. The van der Waals surface area contributed by atoms with Gasteiger partial charge < -0.3 is 9.47 Å². The number of hydrogen-bond donors (Lipinski definition) is 0. The van der Waals surface area contributed by atoms with Crippen LogP contribution in [-0.2, 0) is 4.79 Å². The summed E-state index contributed by atoms with van der Waals surface area (Å²) in [6.45, 7) is 2.50. The molecular formula is C16H20O3. The predicted octanol–water partition coefficient (Wildman–Crippen LogP) is 3.43. The molecule has 2 fully saturated rings. The fraction of sp³-hybridized carbons (Fsp3) is 0.562. The van der Waals surface area contributed by atoms with E-state index < -0.39 is 0 Å². The van der Waals surface area contributed by atoms with Crippen LogP contribution in [0.15, 0.2) is 24.3 Å². The minimum atomic E-state index is -0.0700. The minimum Gasteiger partial charge on any atom is -0.490 e. The van der Waals surface area contributed by atoms with E-state index in [-0.39, 0.29) is 11.9 Å². The van der Waals surface area contributed by atoms with Crippen LogP contribution in [0.4, 0.5) is 0 Å². The molecule has 2 bridgehead atoms. The molecule has 3 nitrogen and oxygen atoms in total. The molecule has 3 heteroatoms. The number of fused-ring (bicyclic) bond motifs is 2. The summed E-state index contributed by atoms with van der Waals surface area (Å²) < 4.78 is 11.1. The normalized spacial score (nSPS) is 28.4. The fourth-order valence-electron chi connectivity index (χ4n) is 3.53. The highest BCUT2D eigenvalue weighted by molar-refractivity contribution is 5.76. The lowest BCUT2D eigenvalue weighted by Gasteiger charge is -2.20. The third-order valence-corrected chi connectivity index (χ3v) is 4.40. The fourth-order valence-corrected chi connectivity index (χ4v) is 3.53. The summed E-state index contributed by atoms with van der Waals surface area (Å²) in [6.07, 6.45) is 4.72. The third-order valence-electron chi connectivity index (χ3n) is 4.40. The minimum absolute atomic E-state index is 0.0700. The van der Waals surface area contributed by atoms with Crippen molar-refractivity contribution in [3.8, 4) is 11.5 Å². The summed E-state index contributed by atoms with van der Waals surface area (Å²) in [4.78, 5) is 12.3. The van der Waals surface area contributed by atoms with Crippen molar-refractivity contribution in [2.75, 3.05) is 6.61 Å². The molecule has 0 aliphatic heterocycles. The van der Waals surface area contributed by atoms with E-state index in [1.54, 1.807) is 6.07 Å². The topological polar surface area (TPSA) is 35.5 Å². The van der Waals surface area contributed by atoms with Crippen molar-refractivity contribution in [3.05, 3.63) is 24.3 Å². The predicted molar refractivity (Wildman–Crippen MR) is 72.2 cm³/mol. The number of esters is 1. The van der Waals surface area contributed by atoms with Crippen molar-refractivity contribution in [1.82, 2.24) is 0 Å². The maximum atomic E-state index is 12.3. The van der Waals surface area contributed by atoms with Crippen LogP contribution in [0.1, 0.15) is 32.6 Å². The Balaban J connectivity index is 1.69. The van der Waals surface area contributed by atoms with Gasteiger partial charge in [0, 0.05) is 0 Å². The first-order valence-corrected chi connectivity index (χ1v) is 7.21. The van der Waals surface area contributed by atoms with Gasteiger partial charge in [-0.3, -0.25) is 4.79 Å². The second kappa shape index (κ2) is 5.24. The Hall–Kier alpha value is -1.51. The van der Waals surface area contributed by atoms with Crippen LogP contribution < -0.4 is 9.47 Å². The zero-order chi connectivity index (χ0) is 13.2. The molecule has 0 saturated heterocycles. The van der Waals surface area contributed by atoms with Gasteiger partial charge in [-0.15, -0.1) is 0 Å². The summed E-state index contributed by atoms with van der Waals surface area (Å²) in [6, 6.07) is 7.40. The highest BCUT2D eigenvalue weighted by atomic mass is 16.6. The molecule has 3 unspecified atom stereocenters. The molecular weight excluding hydrogens is 240 g/mol. The summed E-state index contributed by atoms with van der Waals surface area (Å²) >= 11 is 0. The molecule has 1 aromatic rings. The van der Waals surface area contributed by atoms with Crippen LogP contribution in [-0.4, -0.2) is 12.6 Å². The van der Waals surface area contributed by atoms with Crippen molar-refractivity contribution in [1.29, 1.82) is 0 Å². The van der Waals surface area contributed by atoms with Gasteiger partial charge in [0.15, 0.2) is 11.5 Å². The highest BCUT2D eigenvalue weighted by Crippen LogP contribution is 2.48. The Kier molecular flexibility index (Phi) is 3.45. The standard InChI is InChI=1S/C16H20O3/c1-2-18-14-5-3-4-6-15(14)19-16(17)13-10-11-7-8-12(13)9-11/h3-6,11-13H,2,7-10H2,1H3. The van der Waals surface area contributed by atoms with E-state index in [9.17, 15) is 4.79 Å². The van der Waals surface area contributed by atoms with Gasteiger partial charge in [0.2, 0.25) is 0 Å². The van der Waals surface area contributed by atoms with Crippen LogP contribution in [0.5, 0.6) is 11.5 Å². The molecule has 3 rings (SSSR count). The Bertz CT molecular complexity index is 469. The quantitative estimate of drug-likeness (QED) is 0.614. The molecule has 102 valence electrons.